The molecule has 0 amide bonds. The van der Waals surface area contributed by atoms with E-state index in [1.807, 2.05) is 43.5 Å². The smallest absolute Gasteiger partial charge is 0.0393 e. The van der Waals surface area contributed by atoms with Crippen LogP contribution in [0.2, 0.25) is 0 Å². The van der Waals surface area contributed by atoms with Crippen molar-refractivity contribution in [3.8, 4) is 11.8 Å². The summed E-state index contributed by atoms with van der Waals surface area (Å²) in [6.45, 7) is 8.04. The van der Waals surface area contributed by atoms with Crippen LogP contribution in [0, 0.1) is 18.8 Å². The van der Waals surface area contributed by atoms with E-state index in [-0.39, 0.29) is 0 Å². The molecule has 0 spiro atoms. The maximum Gasteiger partial charge on any atom is 0.0393 e. The van der Waals surface area contributed by atoms with Crippen LogP contribution in [-0.4, -0.2) is 4.98 Å². The van der Waals surface area contributed by atoms with Crippen molar-refractivity contribution >= 4 is 12.2 Å². The van der Waals surface area contributed by atoms with Crippen molar-refractivity contribution in [2.75, 3.05) is 0 Å². The van der Waals surface area contributed by atoms with E-state index in [2.05, 4.69) is 42.5 Å². The summed E-state index contributed by atoms with van der Waals surface area (Å²) in [7, 11) is 0. The first-order valence-electron chi connectivity index (χ1n) is 6.28. The number of aryl methyl sites for hydroxylation is 1. The predicted molar refractivity (Wildman–Crippen MR) is 81.8 cm³/mol. The van der Waals surface area contributed by atoms with E-state index in [0.717, 1.165) is 21.7 Å². The number of allylic oxidation sites excluding steroid dienone is 2. The maximum absolute atomic E-state index is 3.97. The molecule has 1 N–H and O–H groups in total. The van der Waals surface area contributed by atoms with Crippen molar-refractivity contribution in [1.29, 1.82) is 0 Å². The van der Waals surface area contributed by atoms with E-state index in [0.29, 0.717) is 0 Å². The molecule has 0 saturated heterocycles. The average molecular weight is 247 g/mol. The van der Waals surface area contributed by atoms with E-state index in [1.165, 1.54) is 5.56 Å². The normalized spacial score (nSPS) is 12.1. The van der Waals surface area contributed by atoms with Crippen LogP contribution < -0.4 is 10.6 Å². The summed E-state index contributed by atoms with van der Waals surface area (Å²) in [4.78, 5) is 3.08. The molecule has 0 radical (unpaired) electrons. The largest absolute Gasteiger partial charge is 0.362 e. The molecule has 0 unspecified atom stereocenters. The Morgan fingerprint density at radius 1 is 1.32 bits per heavy atom. The Morgan fingerprint density at radius 3 is 2.79 bits per heavy atom. The molecular weight excluding hydrogens is 230 g/mol. The zero-order valence-corrected chi connectivity index (χ0v) is 11.3. The second-order valence-corrected chi connectivity index (χ2v) is 4.40. The van der Waals surface area contributed by atoms with Gasteiger partial charge in [-0.25, -0.2) is 0 Å². The minimum Gasteiger partial charge on any atom is -0.362 e. The summed E-state index contributed by atoms with van der Waals surface area (Å²) < 4.78 is 0. The molecule has 1 heterocycles. The number of aromatic amines is 1. The molecule has 0 bridgehead atoms. The van der Waals surface area contributed by atoms with Crippen LogP contribution in [0.25, 0.3) is 12.2 Å². The molecular formula is C18H17N. The Kier molecular flexibility index (Phi) is 4.05. The molecule has 94 valence electrons. The van der Waals surface area contributed by atoms with E-state index < -0.39 is 0 Å². The Morgan fingerprint density at radius 2 is 2.16 bits per heavy atom. The van der Waals surface area contributed by atoms with Gasteiger partial charge in [0.25, 0.3) is 0 Å². The average Bonchev–Trinajstić information content (AvgIpc) is 2.81. The van der Waals surface area contributed by atoms with Crippen LogP contribution >= 0.6 is 0 Å². The van der Waals surface area contributed by atoms with Gasteiger partial charge in [0.15, 0.2) is 0 Å². The highest BCUT2D eigenvalue weighted by Crippen LogP contribution is 2.02. The van der Waals surface area contributed by atoms with Gasteiger partial charge in [-0.2, -0.15) is 0 Å². The lowest BCUT2D eigenvalue weighted by Crippen LogP contribution is -2.22. The Labute approximate surface area is 114 Å². The van der Waals surface area contributed by atoms with Crippen LogP contribution in [0.15, 0.2) is 48.7 Å². The minimum atomic E-state index is 0.895. The second kappa shape index (κ2) is 5.93. The Balaban J connectivity index is 2.52. The molecule has 0 aliphatic rings. The summed E-state index contributed by atoms with van der Waals surface area (Å²) in [5.74, 6) is 6.43. The minimum absolute atomic E-state index is 0.895. The zero-order chi connectivity index (χ0) is 13.7. The molecule has 2 aromatic rings. The van der Waals surface area contributed by atoms with Crippen LogP contribution in [-0.2, 0) is 0 Å². The highest BCUT2D eigenvalue weighted by molar-refractivity contribution is 5.73. The van der Waals surface area contributed by atoms with Crippen molar-refractivity contribution in [1.82, 2.24) is 4.98 Å². The van der Waals surface area contributed by atoms with Gasteiger partial charge in [0, 0.05) is 27.9 Å². The highest BCUT2D eigenvalue weighted by atomic mass is 14.6. The number of H-pyrrole nitrogens is 1. The molecule has 0 aliphatic heterocycles. The first kappa shape index (κ1) is 13.0. The summed E-state index contributed by atoms with van der Waals surface area (Å²) in [6.07, 6.45) is 5.89. The third-order valence-electron chi connectivity index (χ3n) is 2.82. The molecule has 1 aromatic carbocycles. The van der Waals surface area contributed by atoms with Crippen LogP contribution in [0.5, 0.6) is 0 Å². The summed E-state index contributed by atoms with van der Waals surface area (Å²) in [5, 5.41) is 1.95. The number of aromatic nitrogens is 1. The van der Waals surface area contributed by atoms with Crippen molar-refractivity contribution < 1.29 is 0 Å². The first-order valence-corrected chi connectivity index (χ1v) is 6.28. The molecule has 1 nitrogen and oxygen atoms in total. The third-order valence-corrected chi connectivity index (χ3v) is 2.82. The number of benzene rings is 1. The summed E-state index contributed by atoms with van der Waals surface area (Å²) in [6, 6.07) is 10.2. The fourth-order valence-corrected chi connectivity index (χ4v) is 1.88. The standard InChI is InChI=1S/C18H17N/c1-4-6-17(18-11-12-19-15(18)3)10-9-16-8-5-7-14(2)13-16/h4-8,11-13,19H,3H2,1-2H3/b6-4-,18-17+. The zero-order valence-electron chi connectivity index (χ0n) is 11.3. The number of hydrogen-bond acceptors (Lipinski definition) is 0. The lowest BCUT2D eigenvalue weighted by molar-refractivity contribution is 1.32. The fourth-order valence-electron chi connectivity index (χ4n) is 1.88. The monoisotopic (exact) mass is 247 g/mol. The van der Waals surface area contributed by atoms with Gasteiger partial charge in [-0.05, 0) is 37.6 Å². The molecule has 0 atom stereocenters. The first-order chi connectivity index (χ1) is 9.20. The van der Waals surface area contributed by atoms with Crippen LogP contribution in [0.3, 0.4) is 0 Å². The Bertz CT molecular complexity index is 764. The number of rotatable bonds is 1. The fraction of sp³-hybridized carbons (Fsp3) is 0.111. The molecule has 0 saturated carbocycles. The maximum atomic E-state index is 3.97. The number of hydrogen-bond donors (Lipinski definition) is 1. The summed E-state index contributed by atoms with van der Waals surface area (Å²) in [5.41, 5.74) is 3.23. The molecule has 0 aliphatic carbocycles. The van der Waals surface area contributed by atoms with Gasteiger partial charge in [-0.3, -0.25) is 0 Å². The molecule has 1 heteroatoms. The molecule has 1 aromatic heterocycles. The van der Waals surface area contributed by atoms with Gasteiger partial charge in [0.2, 0.25) is 0 Å². The van der Waals surface area contributed by atoms with Crippen molar-refractivity contribution in [2.24, 2.45) is 0 Å². The lowest BCUT2D eigenvalue weighted by atomic mass is 10.1. The highest BCUT2D eigenvalue weighted by Gasteiger charge is 1.92. The topological polar surface area (TPSA) is 15.8 Å². The third kappa shape index (κ3) is 3.26. The van der Waals surface area contributed by atoms with Gasteiger partial charge >= 0.3 is 0 Å². The van der Waals surface area contributed by atoms with Gasteiger partial charge in [-0.15, -0.1) is 0 Å². The van der Waals surface area contributed by atoms with E-state index in [4.69, 9.17) is 0 Å². The quantitative estimate of drug-likeness (QED) is 0.745. The van der Waals surface area contributed by atoms with Gasteiger partial charge in [-0.1, -0.05) is 42.7 Å². The second-order valence-electron chi connectivity index (χ2n) is 4.40. The van der Waals surface area contributed by atoms with Crippen molar-refractivity contribution in [2.45, 2.75) is 13.8 Å². The molecule has 19 heavy (non-hydrogen) atoms. The Hall–Kier alpha value is -2.46. The van der Waals surface area contributed by atoms with Gasteiger partial charge < -0.3 is 4.98 Å². The van der Waals surface area contributed by atoms with Crippen molar-refractivity contribution in [3.05, 3.63) is 70.4 Å². The lowest BCUT2D eigenvalue weighted by Gasteiger charge is -1.93. The van der Waals surface area contributed by atoms with Gasteiger partial charge in [0.05, 0.1) is 0 Å². The molecule has 0 fully saturated rings. The van der Waals surface area contributed by atoms with E-state index >= 15 is 0 Å². The van der Waals surface area contributed by atoms with Crippen molar-refractivity contribution in [3.63, 3.8) is 0 Å². The number of nitrogens with one attached hydrogen (secondary N) is 1. The van der Waals surface area contributed by atoms with E-state index in [1.54, 1.807) is 0 Å². The van der Waals surface area contributed by atoms with E-state index in [9.17, 15) is 0 Å². The summed E-state index contributed by atoms with van der Waals surface area (Å²) >= 11 is 0. The van der Waals surface area contributed by atoms with Gasteiger partial charge in [0.1, 0.15) is 0 Å². The predicted octanol–water partition coefficient (Wildman–Crippen LogP) is 2.51. The SMILES string of the molecule is C=c1[nH]cc/c1=C(C#Cc1cccc(C)c1)/C=C\C. The van der Waals surface area contributed by atoms with Crippen LogP contribution in [0.4, 0.5) is 0 Å². The van der Waals surface area contributed by atoms with Crippen LogP contribution in [0.1, 0.15) is 18.1 Å². The molecule has 2 rings (SSSR count).